The molecule has 5 nitrogen and oxygen atoms in total. The molecule has 1 unspecified atom stereocenters. The predicted octanol–water partition coefficient (Wildman–Crippen LogP) is 3.67. The van der Waals surface area contributed by atoms with Crippen molar-refractivity contribution in [2.45, 2.75) is 25.3 Å². The molecule has 3 rings (SSSR count). The summed E-state index contributed by atoms with van der Waals surface area (Å²) in [4.78, 5) is 0. The van der Waals surface area contributed by atoms with Crippen molar-refractivity contribution in [2.24, 2.45) is 0 Å². The summed E-state index contributed by atoms with van der Waals surface area (Å²) >= 11 is 6.14. The highest BCUT2D eigenvalue weighted by Gasteiger charge is 2.12. The second-order valence-corrected chi connectivity index (χ2v) is 5.29. The monoisotopic (exact) mass is 302 g/mol. The highest BCUT2D eigenvalue weighted by Crippen LogP contribution is 2.22. The lowest BCUT2D eigenvalue weighted by Crippen LogP contribution is -2.00. The SMILES string of the molecule is CCC(Cl)c1cn(Cc2cc(-c3ccccc3)on2)nn1. The zero-order chi connectivity index (χ0) is 14.7. The molecule has 0 radical (unpaired) electrons. The van der Waals surface area contributed by atoms with Crippen molar-refractivity contribution in [1.29, 1.82) is 0 Å². The van der Waals surface area contributed by atoms with Gasteiger partial charge < -0.3 is 4.52 Å². The largest absolute Gasteiger partial charge is 0.356 e. The number of nitrogens with zero attached hydrogens (tertiary/aromatic N) is 4. The molecule has 1 aromatic carbocycles. The van der Waals surface area contributed by atoms with E-state index in [0.717, 1.165) is 29.1 Å². The van der Waals surface area contributed by atoms with Gasteiger partial charge in [0.15, 0.2) is 5.76 Å². The van der Waals surface area contributed by atoms with Crippen molar-refractivity contribution in [1.82, 2.24) is 20.2 Å². The molecule has 0 spiro atoms. The zero-order valence-electron chi connectivity index (χ0n) is 11.6. The molecule has 0 amide bonds. The van der Waals surface area contributed by atoms with Crippen LogP contribution in [-0.4, -0.2) is 20.2 Å². The summed E-state index contributed by atoms with van der Waals surface area (Å²) < 4.78 is 7.08. The molecule has 21 heavy (non-hydrogen) atoms. The highest BCUT2D eigenvalue weighted by atomic mass is 35.5. The molecule has 2 aromatic heterocycles. The third-order valence-electron chi connectivity index (χ3n) is 3.18. The van der Waals surface area contributed by atoms with Crippen LogP contribution in [0.25, 0.3) is 11.3 Å². The van der Waals surface area contributed by atoms with Gasteiger partial charge in [0.2, 0.25) is 0 Å². The summed E-state index contributed by atoms with van der Waals surface area (Å²) in [5.74, 6) is 0.745. The summed E-state index contributed by atoms with van der Waals surface area (Å²) in [6.07, 6.45) is 2.67. The Morgan fingerprint density at radius 3 is 2.86 bits per heavy atom. The number of benzene rings is 1. The van der Waals surface area contributed by atoms with Gasteiger partial charge in [-0.1, -0.05) is 47.6 Å². The predicted molar refractivity (Wildman–Crippen MR) is 79.9 cm³/mol. The van der Waals surface area contributed by atoms with E-state index in [-0.39, 0.29) is 5.38 Å². The summed E-state index contributed by atoms with van der Waals surface area (Å²) in [7, 11) is 0. The van der Waals surface area contributed by atoms with Crippen LogP contribution in [0.2, 0.25) is 0 Å². The van der Waals surface area contributed by atoms with Gasteiger partial charge >= 0.3 is 0 Å². The lowest BCUT2D eigenvalue weighted by molar-refractivity contribution is 0.419. The van der Waals surface area contributed by atoms with Crippen LogP contribution in [0.5, 0.6) is 0 Å². The van der Waals surface area contributed by atoms with Crippen molar-refractivity contribution in [3.8, 4) is 11.3 Å². The first kappa shape index (κ1) is 13.8. The van der Waals surface area contributed by atoms with Crippen LogP contribution in [0, 0.1) is 0 Å². The fourth-order valence-corrected chi connectivity index (χ4v) is 2.13. The fraction of sp³-hybridized carbons (Fsp3) is 0.267. The maximum Gasteiger partial charge on any atom is 0.167 e. The topological polar surface area (TPSA) is 56.7 Å². The Morgan fingerprint density at radius 1 is 1.29 bits per heavy atom. The van der Waals surface area contributed by atoms with Crippen molar-refractivity contribution < 1.29 is 4.52 Å². The van der Waals surface area contributed by atoms with Gasteiger partial charge in [0.25, 0.3) is 0 Å². The molecule has 108 valence electrons. The lowest BCUT2D eigenvalue weighted by Gasteiger charge is -1.98. The molecule has 0 aliphatic rings. The molecule has 0 bridgehead atoms. The molecule has 6 heteroatoms. The van der Waals surface area contributed by atoms with Crippen molar-refractivity contribution in [2.75, 3.05) is 0 Å². The number of rotatable bonds is 5. The summed E-state index contributed by atoms with van der Waals surface area (Å²) in [6, 6.07) is 11.8. The van der Waals surface area contributed by atoms with E-state index in [9.17, 15) is 0 Å². The molecular formula is C15H15ClN4O. The first-order valence-corrected chi connectivity index (χ1v) is 7.25. The second kappa shape index (κ2) is 6.10. The van der Waals surface area contributed by atoms with Gasteiger partial charge in [-0.05, 0) is 6.42 Å². The van der Waals surface area contributed by atoms with Crippen LogP contribution >= 0.6 is 11.6 Å². The van der Waals surface area contributed by atoms with Crippen molar-refractivity contribution in [3.05, 3.63) is 54.0 Å². The summed E-state index contributed by atoms with van der Waals surface area (Å²) in [5, 5.41) is 12.1. The van der Waals surface area contributed by atoms with Gasteiger partial charge in [-0.3, -0.25) is 0 Å². The second-order valence-electron chi connectivity index (χ2n) is 4.77. The maximum absolute atomic E-state index is 6.14. The van der Waals surface area contributed by atoms with E-state index in [1.807, 2.05) is 49.5 Å². The van der Waals surface area contributed by atoms with Crippen molar-refractivity contribution in [3.63, 3.8) is 0 Å². The molecular weight excluding hydrogens is 288 g/mol. The molecule has 0 saturated heterocycles. The number of aromatic nitrogens is 4. The standard InChI is InChI=1S/C15H15ClN4O/c1-2-13(16)14-10-20(19-17-14)9-12-8-15(21-18-12)11-6-4-3-5-7-11/h3-8,10,13H,2,9H2,1H3. The Labute approximate surface area is 127 Å². The molecule has 0 aliphatic heterocycles. The minimum Gasteiger partial charge on any atom is -0.356 e. The van der Waals surface area contributed by atoms with Crippen molar-refractivity contribution >= 4 is 11.6 Å². The molecule has 3 aromatic rings. The van der Waals surface area contributed by atoms with Crippen LogP contribution < -0.4 is 0 Å². The van der Waals surface area contributed by atoms with Crippen LogP contribution in [0.1, 0.15) is 30.1 Å². The molecule has 0 fully saturated rings. The van der Waals surface area contributed by atoms with Gasteiger partial charge in [0, 0.05) is 11.6 Å². The summed E-state index contributed by atoms with van der Waals surface area (Å²) in [5.41, 5.74) is 2.58. The Morgan fingerprint density at radius 2 is 2.10 bits per heavy atom. The number of alkyl halides is 1. The Bertz CT molecular complexity index is 707. The van der Waals surface area contributed by atoms with E-state index in [0.29, 0.717) is 6.54 Å². The van der Waals surface area contributed by atoms with E-state index in [1.54, 1.807) is 4.68 Å². The van der Waals surface area contributed by atoms with Gasteiger partial charge in [-0.25, -0.2) is 4.68 Å². The summed E-state index contributed by atoms with van der Waals surface area (Å²) in [6.45, 7) is 2.52. The van der Waals surface area contributed by atoms with E-state index >= 15 is 0 Å². The Hall–Kier alpha value is -2.14. The average molecular weight is 303 g/mol. The molecule has 0 aliphatic carbocycles. The quantitative estimate of drug-likeness (QED) is 0.675. The highest BCUT2D eigenvalue weighted by molar-refractivity contribution is 6.20. The number of halogens is 1. The average Bonchev–Trinajstić information content (AvgIpc) is 3.17. The molecule has 0 saturated carbocycles. The normalized spacial score (nSPS) is 12.5. The first-order chi connectivity index (χ1) is 10.3. The van der Waals surface area contributed by atoms with E-state index in [1.165, 1.54) is 0 Å². The Kier molecular flexibility index (Phi) is 4.01. The van der Waals surface area contributed by atoms with Gasteiger partial charge in [0.05, 0.1) is 18.1 Å². The van der Waals surface area contributed by atoms with Gasteiger partial charge in [-0.15, -0.1) is 16.7 Å². The minimum absolute atomic E-state index is 0.101. The maximum atomic E-state index is 6.14. The van der Waals surface area contributed by atoms with E-state index in [4.69, 9.17) is 16.1 Å². The number of hydrogen-bond acceptors (Lipinski definition) is 4. The van der Waals surface area contributed by atoms with Gasteiger partial charge in [-0.2, -0.15) is 0 Å². The minimum atomic E-state index is -0.101. The fourth-order valence-electron chi connectivity index (χ4n) is 2.03. The van der Waals surface area contributed by atoms with Crippen LogP contribution in [0.3, 0.4) is 0 Å². The lowest BCUT2D eigenvalue weighted by atomic mass is 10.2. The van der Waals surface area contributed by atoms with Crippen LogP contribution in [-0.2, 0) is 6.54 Å². The molecule has 1 atom stereocenters. The first-order valence-electron chi connectivity index (χ1n) is 6.81. The van der Waals surface area contributed by atoms with E-state index in [2.05, 4.69) is 15.5 Å². The van der Waals surface area contributed by atoms with Gasteiger partial charge in [0.1, 0.15) is 11.4 Å². The van der Waals surface area contributed by atoms with Crippen LogP contribution in [0.15, 0.2) is 47.1 Å². The zero-order valence-corrected chi connectivity index (χ0v) is 12.4. The van der Waals surface area contributed by atoms with E-state index < -0.39 is 0 Å². The molecule has 2 heterocycles. The number of hydrogen-bond donors (Lipinski definition) is 0. The van der Waals surface area contributed by atoms with Crippen LogP contribution in [0.4, 0.5) is 0 Å². The Balaban J connectivity index is 1.74. The smallest absolute Gasteiger partial charge is 0.167 e. The molecule has 0 N–H and O–H groups in total. The third kappa shape index (κ3) is 3.13. The third-order valence-corrected chi connectivity index (χ3v) is 3.71.